The van der Waals surface area contributed by atoms with Crippen LogP contribution in [0.3, 0.4) is 0 Å². The van der Waals surface area contributed by atoms with Crippen LogP contribution in [0.15, 0.2) is 24.3 Å². The van der Waals surface area contributed by atoms with Crippen LogP contribution in [0.5, 0.6) is 5.75 Å². The number of hydrogen-bond acceptors (Lipinski definition) is 2. The summed E-state index contributed by atoms with van der Waals surface area (Å²) in [5, 5.41) is 0. The Morgan fingerprint density at radius 3 is 3.00 bits per heavy atom. The maximum absolute atomic E-state index is 10.6. The Morgan fingerprint density at radius 1 is 1.57 bits per heavy atom. The third-order valence-electron chi connectivity index (χ3n) is 1.60. The second-order valence-corrected chi connectivity index (χ2v) is 2.78. The molecule has 0 aliphatic carbocycles. The molecule has 0 atom stereocenters. The Balaban J connectivity index is 2.69. The van der Waals surface area contributed by atoms with E-state index in [2.05, 4.69) is 5.92 Å². The first-order chi connectivity index (χ1) is 6.72. The Morgan fingerprint density at radius 2 is 2.36 bits per heavy atom. The predicted molar refractivity (Wildman–Crippen MR) is 53.7 cm³/mol. The molecule has 0 heterocycles. The van der Waals surface area contributed by atoms with Crippen molar-refractivity contribution >= 4 is 5.91 Å². The SMILES string of the molecule is C#CCOc1cccc(CC(N)=O)c1. The van der Waals surface area contributed by atoms with Crippen molar-refractivity contribution in [3.05, 3.63) is 29.8 Å². The summed E-state index contributed by atoms with van der Waals surface area (Å²) in [4.78, 5) is 10.6. The van der Waals surface area contributed by atoms with E-state index in [9.17, 15) is 4.79 Å². The van der Waals surface area contributed by atoms with Crippen molar-refractivity contribution in [1.82, 2.24) is 0 Å². The molecule has 0 spiro atoms. The molecule has 1 amide bonds. The fraction of sp³-hybridized carbons (Fsp3) is 0.182. The molecule has 0 radical (unpaired) electrons. The van der Waals surface area contributed by atoms with Crippen molar-refractivity contribution in [2.75, 3.05) is 6.61 Å². The largest absolute Gasteiger partial charge is 0.481 e. The van der Waals surface area contributed by atoms with Crippen LogP contribution in [0.4, 0.5) is 0 Å². The summed E-state index contributed by atoms with van der Waals surface area (Å²) in [7, 11) is 0. The van der Waals surface area contributed by atoms with Crippen LogP contribution < -0.4 is 10.5 Å². The highest BCUT2D eigenvalue weighted by molar-refractivity contribution is 5.76. The molecule has 0 fully saturated rings. The van der Waals surface area contributed by atoms with Crippen LogP contribution >= 0.6 is 0 Å². The summed E-state index contributed by atoms with van der Waals surface area (Å²) in [6, 6.07) is 7.14. The van der Waals surface area contributed by atoms with E-state index in [4.69, 9.17) is 16.9 Å². The highest BCUT2D eigenvalue weighted by Gasteiger charge is 1.99. The van der Waals surface area contributed by atoms with Gasteiger partial charge in [0, 0.05) is 0 Å². The average molecular weight is 189 g/mol. The lowest BCUT2D eigenvalue weighted by Gasteiger charge is -2.03. The van der Waals surface area contributed by atoms with E-state index in [0.29, 0.717) is 5.75 Å². The summed E-state index contributed by atoms with van der Waals surface area (Å²) in [5.41, 5.74) is 5.89. The van der Waals surface area contributed by atoms with Crippen molar-refractivity contribution < 1.29 is 9.53 Å². The van der Waals surface area contributed by atoms with Crippen LogP contribution in [0.25, 0.3) is 0 Å². The third kappa shape index (κ3) is 3.20. The lowest BCUT2D eigenvalue weighted by Crippen LogP contribution is -2.13. The van der Waals surface area contributed by atoms with Crippen LogP contribution in [0.1, 0.15) is 5.56 Å². The lowest BCUT2D eigenvalue weighted by molar-refractivity contribution is -0.117. The van der Waals surface area contributed by atoms with Crippen molar-refractivity contribution in [1.29, 1.82) is 0 Å². The van der Waals surface area contributed by atoms with Crippen molar-refractivity contribution in [2.24, 2.45) is 5.73 Å². The normalized spacial score (nSPS) is 9.07. The molecule has 3 nitrogen and oxygen atoms in total. The van der Waals surface area contributed by atoms with Gasteiger partial charge in [-0.3, -0.25) is 4.79 Å². The molecule has 14 heavy (non-hydrogen) atoms. The van der Waals surface area contributed by atoms with Gasteiger partial charge in [-0.1, -0.05) is 18.1 Å². The molecule has 0 aromatic heterocycles. The molecule has 0 aliphatic rings. The van der Waals surface area contributed by atoms with Crippen LogP contribution in [0, 0.1) is 12.3 Å². The molecule has 1 rings (SSSR count). The minimum atomic E-state index is -0.362. The molecular formula is C11H11NO2. The number of primary amides is 1. The first kappa shape index (κ1) is 10.1. The summed E-state index contributed by atoms with van der Waals surface area (Å²) in [6.45, 7) is 0.222. The minimum Gasteiger partial charge on any atom is -0.481 e. The number of nitrogens with two attached hydrogens (primary N) is 1. The zero-order valence-electron chi connectivity index (χ0n) is 7.69. The van der Waals surface area contributed by atoms with E-state index in [1.807, 2.05) is 6.07 Å². The first-order valence-corrected chi connectivity index (χ1v) is 4.16. The van der Waals surface area contributed by atoms with E-state index in [-0.39, 0.29) is 18.9 Å². The number of rotatable bonds is 4. The summed E-state index contributed by atoms with van der Waals surface area (Å²) in [6.07, 6.45) is 5.26. The van der Waals surface area contributed by atoms with Gasteiger partial charge in [0.25, 0.3) is 0 Å². The molecule has 72 valence electrons. The van der Waals surface area contributed by atoms with Crippen LogP contribution in [-0.2, 0) is 11.2 Å². The highest BCUT2D eigenvalue weighted by atomic mass is 16.5. The molecule has 0 saturated carbocycles. The fourth-order valence-corrected chi connectivity index (χ4v) is 1.07. The summed E-state index contributed by atoms with van der Waals surface area (Å²) in [5.74, 6) is 2.65. The summed E-state index contributed by atoms with van der Waals surface area (Å²) >= 11 is 0. The minimum absolute atomic E-state index is 0.216. The molecule has 2 N–H and O–H groups in total. The molecule has 1 aromatic carbocycles. The van der Waals surface area contributed by atoms with E-state index >= 15 is 0 Å². The number of carbonyl (C=O) groups excluding carboxylic acids is 1. The molecule has 3 heteroatoms. The van der Waals surface area contributed by atoms with Gasteiger partial charge in [0.2, 0.25) is 5.91 Å². The highest BCUT2D eigenvalue weighted by Crippen LogP contribution is 2.13. The van der Waals surface area contributed by atoms with Crippen molar-refractivity contribution in [2.45, 2.75) is 6.42 Å². The number of ether oxygens (including phenoxy) is 1. The lowest BCUT2D eigenvalue weighted by atomic mass is 10.1. The van der Waals surface area contributed by atoms with Gasteiger partial charge in [-0.15, -0.1) is 6.42 Å². The van der Waals surface area contributed by atoms with Gasteiger partial charge in [0.15, 0.2) is 0 Å². The smallest absolute Gasteiger partial charge is 0.221 e. The van der Waals surface area contributed by atoms with E-state index in [1.54, 1.807) is 18.2 Å². The van der Waals surface area contributed by atoms with Crippen LogP contribution in [0.2, 0.25) is 0 Å². The Bertz CT molecular complexity index is 366. The number of carbonyl (C=O) groups is 1. The fourth-order valence-electron chi connectivity index (χ4n) is 1.07. The second-order valence-electron chi connectivity index (χ2n) is 2.78. The topological polar surface area (TPSA) is 52.3 Å². The molecule has 0 saturated heterocycles. The van der Waals surface area contributed by atoms with E-state index in [1.165, 1.54) is 0 Å². The van der Waals surface area contributed by atoms with Gasteiger partial charge in [-0.05, 0) is 17.7 Å². The number of terminal acetylenes is 1. The zero-order valence-corrected chi connectivity index (χ0v) is 7.69. The van der Waals surface area contributed by atoms with Crippen molar-refractivity contribution in [3.8, 4) is 18.1 Å². The van der Waals surface area contributed by atoms with Gasteiger partial charge >= 0.3 is 0 Å². The maximum atomic E-state index is 10.6. The quantitative estimate of drug-likeness (QED) is 0.710. The third-order valence-corrected chi connectivity index (χ3v) is 1.60. The molecule has 0 aliphatic heterocycles. The zero-order chi connectivity index (χ0) is 10.4. The maximum Gasteiger partial charge on any atom is 0.221 e. The molecule has 0 bridgehead atoms. The number of amides is 1. The van der Waals surface area contributed by atoms with Gasteiger partial charge in [-0.2, -0.15) is 0 Å². The summed E-state index contributed by atoms with van der Waals surface area (Å²) < 4.78 is 5.19. The van der Waals surface area contributed by atoms with Crippen molar-refractivity contribution in [3.63, 3.8) is 0 Å². The van der Waals surface area contributed by atoms with Gasteiger partial charge < -0.3 is 10.5 Å². The van der Waals surface area contributed by atoms with E-state index < -0.39 is 0 Å². The number of hydrogen-bond donors (Lipinski definition) is 1. The standard InChI is InChI=1S/C11H11NO2/c1-2-6-14-10-5-3-4-9(7-10)8-11(12)13/h1,3-5,7H,6,8H2,(H2,12,13). The number of benzene rings is 1. The Hall–Kier alpha value is -1.95. The van der Waals surface area contributed by atoms with Gasteiger partial charge in [0.05, 0.1) is 6.42 Å². The van der Waals surface area contributed by atoms with Crippen LogP contribution in [-0.4, -0.2) is 12.5 Å². The molecule has 0 unspecified atom stereocenters. The molecular weight excluding hydrogens is 178 g/mol. The predicted octanol–water partition coefficient (Wildman–Crippen LogP) is 0.726. The Labute approximate surface area is 82.9 Å². The van der Waals surface area contributed by atoms with Gasteiger partial charge in [0.1, 0.15) is 12.4 Å². The second kappa shape index (κ2) is 4.93. The molecule has 1 aromatic rings. The van der Waals surface area contributed by atoms with E-state index in [0.717, 1.165) is 5.56 Å². The average Bonchev–Trinajstić information content (AvgIpc) is 2.14. The Kier molecular flexibility index (Phi) is 3.57. The first-order valence-electron chi connectivity index (χ1n) is 4.16. The monoisotopic (exact) mass is 189 g/mol. The van der Waals surface area contributed by atoms with Gasteiger partial charge in [-0.25, -0.2) is 0 Å².